The number of fused-ring (bicyclic) bond motifs is 2. The van der Waals surface area contributed by atoms with Crippen molar-refractivity contribution < 1.29 is 0 Å². The molecule has 0 aliphatic carbocycles. The fraction of sp³-hybridized carbons (Fsp3) is 0.333. The van der Waals surface area contributed by atoms with Gasteiger partial charge < -0.3 is 14.9 Å². The molecule has 0 saturated heterocycles. The number of aromatic nitrogens is 6. The molecule has 102 valence electrons. The average Bonchev–Trinajstić information content (AvgIpc) is 3.01. The van der Waals surface area contributed by atoms with Crippen LogP contribution in [0.25, 0.3) is 11.2 Å². The van der Waals surface area contributed by atoms with Crippen molar-refractivity contribution in [2.45, 2.75) is 19.9 Å². The minimum atomic E-state index is 0.226. The first-order valence-electron chi connectivity index (χ1n) is 6.36. The quantitative estimate of drug-likeness (QED) is 0.665. The zero-order chi connectivity index (χ0) is 13.7. The highest BCUT2D eigenvalue weighted by molar-refractivity contribution is 6.28. The van der Waals surface area contributed by atoms with Crippen LogP contribution in [-0.4, -0.2) is 36.4 Å². The van der Waals surface area contributed by atoms with Gasteiger partial charge >= 0.3 is 0 Å². The number of hydrogen-bond acceptors (Lipinski definition) is 5. The summed E-state index contributed by atoms with van der Waals surface area (Å²) in [5.74, 6) is 1.56. The van der Waals surface area contributed by atoms with Gasteiger partial charge in [0.05, 0.1) is 18.6 Å². The zero-order valence-electron chi connectivity index (χ0n) is 10.8. The van der Waals surface area contributed by atoms with Crippen LogP contribution >= 0.6 is 11.6 Å². The van der Waals surface area contributed by atoms with Crippen LogP contribution in [0.2, 0.25) is 5.28 Å². The molecule has 4 rings (SSSR count). The maximum absolute atomic E-state index is 6.01. The van der Waals surface area contributed by atoms with Crippen molar-refractivity contribution in [2.24, 2.45) is 0 Å². The third kappa shape index (κ3) is 1.74. The van der Waals surface area contributed by atoms with E-state index in [0.717, 1.165) is 35.8 Å². The van der Waals surface area contributed by atoms with Crippen LogP contribution in [-0.2, 0) is 13.0 Å². The molecule has 0 saturated carbocycles. The molecule has 1 aliphatic heterocycles. The van der Waals surface area contributed by atoms with E-state index in [1.807, 2.05) is 6.92 Å². The number of aromatic amines is 2. The Morgan fingerprint density at radius 2 is 2.20 bits per heavy atom. The minimum Gasteiger partial charge on any atom is -0.348 e. The lowest BCUT2D eigenvalue weighted by Gasteiger charge is -2.27. The van der Waals surface area contributed by atoms with Gasteiger partial charge in [-0.2, -0.15) is 9.97 Å². The third-order valence-electron chi connectivity index (χ3n) is 3.50. The van der Waals surface area contributed by atoms with E-state index in [4.69, 9.17) is 11.6 Å². The predicted octanol–water partition coefficient (Wildman–Crippen LogP) is 1.60. The molecule has 3 aromatic heterocycles. The summed E-state index contributed by atoms with van der Waals surface area (Å²) >= 11 is 6.01. The smallest absolute Gasteiger partial charge is 0.226 e. The highest BCUT2D eigenvalue weighted by Crippen LogP contribution is 2.27. The molecule has 4 heterocycles. The van der Waals surface area contributed by atoms with Gasteiger partial charge in [0, 0.05) is 18.7 Å². The van der Waals surface area contributed by atoms with E-state index < -0.39 is 0 Å². The molecule has 8 heteroatoms. The van der Waals surface area contributed by atoms with Gasteiger partial charge in [0.2, 0.25) is 5.28 Å². The van der Waals surface area contributed by atoms with Crippen molar-refractivity contribution >= 4 is 28.6 Å². The van der Waals surface area contributed by atoms with Gasteiger partial charge in [-0.15, -0.1) is 0 Å². The van der Waals surface area contributed by atoms with E-state index in [9.17, 15) is 0 Å². The minimum absolute atomic E-state index is 0.226. The molecule has 7 nitrogen and oxygen atoms in total. The Bertz CT molecular complexity index is 790. The Labute approximate surface area is 119 Å². The van der Waals surface area contributed by atoms with E-state index in [0.29, 0.717) is 12.2 Å². The summed E-state index contributed by atoms with van der Waals surface area (Å²) in [6, 6.07) is 0. The zero-order valence-corrected chi connectivity index (χ0v) is 11.6. The van der Waals surface area contributed by atoms with Gasteiger partial charge in [-0.3, -0.25) is 0 Å². The van der Waals surface area contributed by atoms with Gasteiger partial charge in [0.1, 0.15) is 5.82 Å². The Morgan fingerprint density at radius 3 is 3.10 bits per heavy atom. The van der Waals surface area contributed by atoms with Gasteiger partial charge in [-0.05, 0) is 18.5 Å². The molecule has 20 heavy (non-hydrogen) atoms. The first-order valence-corrected chi connectivity index (χ1v) is 6.74. The highest BCUT2D eigenvalue weighted by Gasteiger charge is 2.23. The molecular formula is C12H12ClN7. The summed E-state index contributed by atoms with van der Waals surface area (Å²) in [7, 11) is 0. The lowest BCUT2D eigenvalue weighted by molar-refractivity contribution is 0.703. The molecule has 0 unspecified atom stereocenters. The molecule has 1 aliphatic rings. The van der Waals surface area contributed by atoms with E-state index >= 15 is 0 Å². The second-order valence-electron chi connectivity index (χ2n) is 4.84. The Morgan fingerprint density at radius 1 is 1.30 bits per heavy atom. The van der Waals surface area contributed by atoms with Crippen LogP contribution in [0, 0.1) is 6.92 Å². The standard InChI is InChI=1S/C12H12ClN7/c1-6-16-9-10(17-6)18-12(13)19-11(9)20-3-2-7-8(4-20)15-5-14-7/h5H,2-4H2,1H3,(H,14,15)(H,16,17,18,19). The van der Waals surface area contributed by atoms with Crippen LogP contribution in [0.3, 0.4) is 0 Å². The maximum Gasteiger partial charge on any atom is 0.226 e. The number of halogens is 1. The van der Waals surface area contributed by atoms with Crippen molar-refractivity contribution in [3.8, 4) is 0 Å². The number of anilines is 1. The molecule has 2 N–H and O–H groups in total. The molecular weight excluding hydrogens is 278 g/mol. The molecule has 0 bridgehead atoms. The molecule has 0 spiro atoms. The largest absolute Gasteiger partial charge is 0.348 e. The summed E-state index contributed by atoms with van der Waals surface area (Å²) in [6.45, 7) is 3.44. The predicted molar refractivity (Wildman–Crippen MR) is 74.8 cm³/mol. The van der Waals surface area contributed by atoms with E-state index in [-0.39, 0.29) is 5.28 Å². The number of nitrogens with zero attached hydrogens (tertiary/aromatic N) is 5. The maximum atomic E-state index is 6.01. The topological polar surface area (TPSA) is 86.4 Å². The lowest BCUT2D eigenvalue weighted by Crippen LogP contribution is -2.31. The number of H-pyrrole nitrogens is 2. The molecule has 0 amide bonds. The van der Waals surface area contributed by atoms with Gasteiger partial charge in [0.25, 0.3) is 0 Å². The van der Waals surface area contributed by atoms with Crippen LogP contribution in [0.4, 0.5) is 5.82 Å². The van der Waals surface area contributed by atoms with E-state index in [2.05, 4.69) is 34.8 Å². The third-order valence-corrected chi connectivity index (χ3v) is 3.67. The monoisotopic (exact) mass is 289 g/mol. The molecule has 0 aromatic carbocycles. The molecule has 0 fully saturated rings. The summed E-state index contributed by atoms with van der Waals surface area (Å²) in [5, 5.41) is 0.226. The fourth-order valence-corrected chi connectivity index (χ4v) is 2.75. The second kappa shape index (κ2) is 4.17. The molecule has 0 radical (unpaired) electrons. The van der Waals surface area contributed by atoms with E-state index in [1.54, 1.807) is 6.33 Å². The number of aryl methyl sites for hydroxylation is 1. The highest BCUT2D eigenvalue weighted by atomic mass is 35.5. The summed E-state index contributed by atoms with van der Waals surface area (Å²) in [5.41, 5.74) is 3.67. The second-order valence-corrected chi connectivity index (χ2v) is 5.17. The Balaban J connectivity index is 1.82. The lowest BCUT2D eigenvalue weighted by atomic mass is 10.1. The first kappa shape index (κ1) is 11.7. The van der Waals surface area contributed by atoms with Crippen molar-refractivity contribution in [2.75, 3.05) is 11.4 Å². The van der Waals surface area contributed by atoms with Crippen LogP contribution in [0.1, 0.15) is 17.2 Å². The van der Waals surface area contributed by atoms with Crippen molar-refractivity contribution in [1.29, 1.82) is 0 Å². The van der Waals surface area contributed by atoms with Crippen LogP contribution in [0.15, 0.2) is 6.33 Å². The molecule has 3 aromatic rings. The number of hydrogen-bond donors (Lipinski definition) is 2. The van der Waals surface area contributed by atoms with Crippen molar-refractivity contribution in [3.05, 3.63) is 28.8 Å². The van der Waals surface area contributed by atoms with Gasteiger partial charge in [-0.1, -0.05) is 0 Å². The Hall–Kier alpha value is -2.15. The summed E-state index contributed by atoms with van der Waals surface area (Å²) < 4.78 is 0. The van der Waals surface area contributed by atoms with E-state index in [1.165, 1.54) is 5.69 Å². The number of imidazole rings is 2. The van der Waals surface area contributed by atoms with Crippen LogP contribution in [0.5, 0.6) is 0 Å². The Kier molecular flexibility index (Phi) is 2.43. The summed E-state index contributed by atoms with van der Waals surface area (Å²) in [6.07, 6.45) is 2.64. The number of nitrogens with one attached hydrogen (secondary N) is 2. The number of rotatable bonds is 1. The summed E-state index contributed by atoms with van der Waals surface area (Å²) in [4.78, 5) is 25.7. The van der Waals surface area contributed by atoms with Crippen molar-refractivity contribution in [3.63, 3.8) is 0 Å². The first-order chi connectivity index (χ1) is 9.70. The van der Waals surface area contributed by atoms with Crippen LogP contribution < -0.4 is 4.90 Å². The van der Waals surface area contributed by atoms with Crippen molar-refractivity contribution in [1.82, 2.24) is 29.9 Å². The average molecular weight is 290 g/mol. The van der Waals surface area contributed by atoms with Gasteiger partial charge in [-0.25, -0.2) is 9.97 Å². The van der Waals surface area contributed by atoms with Gasteiger partial charge in [0.15, 0.2) is 17.0 Å². The molecule has 0 atom stereocenters. The SMILES string of the molecule is Cc1nc2c(N3CCc4[nH]cnc4C3)nc(Cl)nc2[nH]1. The normalized spacial score (nSPS) is 14.8. The fourth-order valence-electron chi connectivity index (χ4n) is 2.58.